The number of anilines is 1. The quantitative estimate of drug-likeness (QED) is 0.235. The van der Waals surface area contributed by atoms with Gasteiger partial charge in [-0.3, -0.25) is 14.9 Å². The van der Waals surface area contributed by atoms with Crippen LogP contribution in [0.15, 0.2) is 109 Å². The third-order valence-corrected chi connectivity index (χ3v) is 6.16. The molecule has 4 amide bonds. The Hall–Kier alpha value is -5.17. The molecule has 194 valence electrons. The van der Waals surface area contributed by atoms with E-state index in [4.69, 9.17) is 9.47 Å². The molecule has 7 nitrogen and oxygen atoms in total. The van der Waals surface area contributed by atoms with Crippen LogP contribution in [0.5, 0.6) is 11.5 Å². The van der Waals surface area contributed by atoms with Crippen LogP contribution in [0.25, 0.3) is 6.08 Å². The van der Waals surface area contributed by atoms with Gasteiger partial charge in [0.2, 0.25) is 0 Å². The molecule has 1 saturated heterocycles. The van der Waals surface area contributed by atoms with Gasteiger partial charge in [0.15, 0.2) is 0 Å². The molecule has 1 fully saturated rings. The fourth-order valence-corrected chi connectivity index (χ4v) is 4.00. The summed E-state index contributed by atoms with van der Waals surface area (Å²) in [7, 11) is 0. The van der Waals surface area contributed by atoms with Crippen molar-refractivity contribution in [2.75, 3.05) is 4.90 Å². The maximum Gasteiger partial charge on any atom is 0.335 e. The second kappa shape index (κ2) is 11.5. The fraction of sp³-hybridized carbons (Fsp3) is 0.0938. The number of ether oxygens (including phenoxy) is 2. The first-order valence-corrected chi connectivity index (χ1v) is 12.4. The molecule has 1 aliphatic heterocycles. The van der Waals surface area contributed by atoms with Crippen LogP contribution in [0.1, 0.15) is 22.3 Å². The van der Waals surface area contributed by atoms with E-state index in [0.717, 1.165) is 16.0 Å². The van der Waals surface area contributed by atoms with E-state index in [1.165, 1.54) is 11.6 Å². The first kappa shape index (κ1) is 25.5. The second-order valence-corrected chi connectivity index (χ2v) is 9.07. The van der Waals surface area contributed by atoms with E-state index in [0.29, 0.717) is 36.0 Å². The van der Waals surface area contributed by atoms with Gasteiger partial charge in [0.1, 0.15) is 30.3 Å². The molecule has 1 heterocycles. The zero-order valence-corrected chi connectivity index (χ0v) is 21.3. The molecule has 39 heavy (non-hydrogen) atoms. The molecule has 0 aromatic heterocycles. The lowest BCUT2D eigenvalue weighted by atomic mass is 10.1. The molecule has 0 aliphatic carbocycles. The van der Waals surface area contributed by atoms with Crippen molar-refractivity contribution in [3.8, 4) is 11.5 Å². The minimum absolute atomic E-state index is 0.146. The van der Waals surface area contributed by atoms with Crippen molar-refractivity contribution >= 4 is 29.6 Å². The standard InChI is InChI=1S/C32H26N2O5/c1-22-7-9-25(10-8-22)21-39-28-17-13-26(14-18-28)34-31(36)29(30(35)33-32(34)37)19-23-11-15-27(16-12-23)38-20-24-5-3-2-4-6-24/h2-19H,20-21H2,1H3,(H,33,35,37)/b29-19+. The number of urea groups is 1. The smallest absolute Gasteiger partial charge is 0.335 e. The van der Waals surface area contributed by atoms with Crippen LogP contribution >= 0.6 is 0 Å². The van der Waals surface area contributed by atoms with Crippen LogP contribution < -0.4 is 19.7 Å². The third-order valence-electron chi connectivity index (χ3n) is 6.16. The number of amides is 4. The number of carbonyl (C=O) groups is 3. The monoisotopic (exact) mass is 518 g/mol. The number of rotatable bonds is 8. The van der Waals surface area contributed by atoms with E-state index in [1.807, 2.05) is 61.5 Å². The number of barbiturate groups is 1. The number of hydrogen-bond acceptors (Lipinski definition) is 5. The summed E-state index contributed by atoms with van der Waals surface area (Å²) < 4.78 is 11.6. The highest BCUT2D eigenvalue weighted by atomic mass is 16.5. The average molecular weight is 519 g/mol. The number of hydrogen-bond donors (Lipinski definition) is 1. The third kappa shape index (κ3) is 6.22. The number of imide groups is 2. The summed E-state index contributed by atoms with van der Waals surface area (Å²) in [6.45, 7) is 2.84. The largest absolute Gasteiger partial charge is 0.489 e. The maximum atomic E-state index is 13.2. The van der Waals surface area contributed by atoms with E-state index in [2.05, 4.69) is 5.32 Å². The highest BCUT2D eigenvalue weighted by Crippen LogP contribution is 2.25. The molecule has 4 aromatic rings. The highest BCUT2D eigenvalue weighted by molar-refractivity contribution is 6.39. The van der Waals surface area contributed by atoms with Crippen LogP contribution in [-0.2, 0) is 22.8 Å². The fourth-order valence-electron chi connectivity index (χ4n) is 4.00. The molecule has 4 aromatic carbocycles. The van der Waals surface area contributed by atoms with E-state index >= 15 is 0 Å². The van der Waals surface area contributed by atoms with Crippen LogP contribution in [0.4, 0.5) is 10.5 Å². The summed E-state index contributed by atoms with van der Waals surface area (Å²) in [6, 6.07) is 30.6. The minimum Gasteiger partial charge on any atom is -0.489 e. The number of benzene rings is 4. The molecule has 7 heteroatoms. The number of aryl methyl sites for hydroxylation is 1. The predicted octanol–water partition coefficient (Wildman–Crippen LogP) is 5.82. The van der Waals surface area contributed by atoms with Gasteiger partial charge in [0.05, 0.1) is 5.69 Å². The van der Waals surface area contributed by atoms with Gasteiger partial charge >= 0.3 is 6.03 Å². The molecule has 0 bridgehead atoms. The predicted molar refractivity (Wildman–Crippen MR) is 148 cm³/mol. The van der Waals surface area contributed by atoms with Crippen molar-refractivity contribution in [2.45, 2.75) is 20.1 Å². The minimum atomic E-state index is -0.805. The molecule has 1 aliphatic rings. The zero-order valence-electron chi connectivity index (χ0n) is 21.3. The molecule has 0 spiro atoms. The summed E-state index contributed by atoms with van der Waals surface area (Å²) >= 11 is 0. The highest BCUT2D eigenvalue weighted by Gasteiger charge is 2.36. The summed E-state index contributed by atoms with van der Waals surface area (Å²) in [6.07, 6.45) is 1.46. The van der Waals surface area contributed by atoms with Crippen molar-refractivity contribution in [2.24, 2.45) is 0 Å². The average Bonchev–Trinajstić information content (AvgIpc) is 2.95. The lowest BCUT2D eigenvalue weighted by Gasteiger charge is -2.26. The van der Waals surface area contributed by atoms with Crippen LogP contribution in [-0.4, -0.2) is 17.8 Å². The van der Waals surface area contributed by atoms with Gasteiger partial charge in [0, 0.05) is 0 Å². The molecule has 1 N–H and O–H groups in total. The van der Waals surface area contributed by atoms with E-state index in [-0.39, 0.29) is 5.57 Å². The Balaban J connectivity index is 1.26. The van der Waals surface area contributed by atoms with Crippen molar-refractivity contribution in [1.82, 2.24) is 5.32 Å². The Kier molecular flexibility index (Phi) is 7.50. The Bertz CT molecular complexity index is 1510. The van der Waals surface area contributed by atoms with Crippen molar-refractivity contribution in [1.29, 1.82) is 0 Å². The van der Waals surface area contributed by atoms with E-state index in [1.54, 1.807) is 48.5 Å². The molecule has 0 saturated carbocycles. The van der Waals surface area contributed by atoms with Gasteiger partial charge in [-0.15, -0.1) is 0 Å². The molecule has 0 unspecified atom stereocenters. The lowest BCUT2D eigenvalue weighted by Crippen LogP contribution is -2.54. The lowest BCUT2D eigenvalue weighted by molar-refractivity contribution is -0.122. The second-order valence-electron chi connectivity index (χ2n) is 9.07. The Morgan fingerprint density at radius 3 is 1.87 bits per heavy atom. The van der Waals surface area contributed by atoms with Gasteiger partial charge < -0.3 is 9.47 Å². The van der Waals surface area contributed by atoms with Crippen molar-refractivity contribution < 1.29 is 23.9 Å². The first-order valence-electron chi connectivity index (χ1n) is 12.4. The SMILES string of the molecule is Cc1ccc(COc2ccc(N3C(=O)NC(=O)/C(=C\c4ccc(OCc5ccccc5)cc4)C3=O)cc2)cc1. The number of nitrogens with zero attached hydrogens (tertiary/aromatic N) is 1. The molecule has 0 atom stereocenters. The van der Waals surface area contributed by atoms with E-state index in [9.17, 15) is 14.4 Å². The summed E-state index contributed by atoms with van der Waals surface area (Å²) in [4.78, 5) is 39.3. The van der Waals surface area contributed by atoms with Gasteiger partial charge in [-0.25, -0.2) is 9.69 Å². The number of nitrogens with one attached hydrogen (secondary N) is 1. The first-order chi connectivity index (χ1) is 19.0. The Morgan fingerprint density at radius 2 is 1.26 bits per heavy atom. The van der Waals surface area contributed by atoms with Crippen molar-refractivity contribution in [3.63, 3.8) is 0 Å². The molecular weight excluding hydrogens is 492 g/mol. The molecule has 5 rings (SSSR count). The topological polar surface area (TPSA) is 84.9 Å². The van der Waals surface area contributed by atoms with Gasteiger partial charge in [-0.2, -0.15) is 0 Å². The summed E-state index contributed by atoms with van der Waals surface area (Å²) in [5, 5.41) is 2.25. The molecular formula is C32H26N2O5. The van der Waals surface area contributed by atoms with Crippen LogP contribution in [0, 0.1) is 6.92 Å². The van der Waals surface area contributed by atoms with Crippen LogP contribution in [0.2, 0.25) is 0 Å². The van der Waals surface area contributed by atoms with E-state index < -0.39 is 17.8 Å². The van der Waals surface area contributed by atoms with Crippen molar-refractivity contribution in [3.05, 3.63) is 131 Å². The number of carbonyl (C=O) groups excluding carboxylic acids is 3. The maximum absolute atomic E-state index is 13.2. The van der Waals surface area contributed by atoms with Crippen LogP contribution in [0.3, 0.4) is 0 Å². The Morgan fingerprint density at radius 1 is 0.692 bits per heavy atom. The normalized spacial score (nSPS) is 14.3. The van der Waals surface area contributed by atoms with Gasteiger partial charge in [-0.05, 0) is 66.1 Å². The summed E-state index contributed by atoms with van der Waals surface area (Å²) in [5.74, 6) is -0.210. The molecule has 0 radical (unpaired) electrons. The van der Waals surface area contributed by atoms with Gasteiger partial charge in [-0.1, -0.05) is 72.3 Å². The zero-order chi connectivity index (χ0) is 27.2. The Labute approximate surface area is 226 Å². The summed E-state index contributed by atoms with van der Waals surface area (Å²) in [5.41, 5.74) is 4.04. The van der Waals surface area contributed by atoms with Gasteiger partial charge in [0.25, 0.3) is 11.8 Å².